The third kappa shape index (κ3) is 4.19. The van der Waals surface area contributed by atoms with Gasteiger partial charge in [0, 0.05) is 19.0 Å². The molecule has 0 bridgehead atoms. The lowest BCUT2D eigenvalue weighted by atomic mass is 9.98. The maximum Gasteiger partial charge on any atom is 0.221 e. The minimum absolute atomic E-state index is 0.00735. The van der Waals surface area contributed by atoms with Crippen molar-refractivity contribution in [2.45, 2.75) is 39.2 Å². The van der Waals surface area contributed by atoms with E-state index in [2.05, 4.69) is 31.3 Å². The molecule has 0 radical (unpaired) electrons. The summed E-state index contributed by atoms with van der Waals surface area (Å²) in [6.07, 6.45) is 0.342. The van der Waals surface area contributed by atoms with Gasteiger partial charge in [0.15, 0.2) is 0 Å². The Morgan fingerprint density at radius 2 is 1.76 bits per heavy atom. The van der Waals surface area contributed by atoms with Crippen LogP contribution in [0.5, 0.6) is 0 Å². The SMILES string of the molecule is CCNC(=O)CC(N)c1ccc(C(C)C)cc1. The Balaban J connectivity index is 2.63. The van der Waals surface area contributed by atoms with Gasteiger partial charge in [0.1, 0.15) is 0 Å². The van der Waals surface area contributed by atoms with Gasteiger partial charge < -0.3 is 11.1 Å². The lowest BCUT2D eigenvalue weighted by Crippen LogP contribution is -2.27. The summed E-state index contributed by atoms with van der Waals surface area (Å²) in [6, 6.07) is 7.97. The summed E-state index contributed by atoms with van der Waals surface area (Å²) in [5.74, 6) is 0.525. The lowest BCUT2D eigenvalue weighted by Gasteiger charge is -2.13. The molecular weight excluding hydrogens is 212 g/mol. The molecule has 17 heavy (non-hydrogen) atoms. The standard InChI is InChI=1S/C14H22N2O/c1-4-16-14(17)9-13(15)12-7-5-11(6-8-12)10(2)3/h5-8,10,13H,4,9,15H2,1-3H3,(H,16,17). The Morgan fingerprint density at radius 3 is 2.24 bits per heavy atom. The lowest BCUT2D eigenvalue weighted by molar-refractivity contribution is -0.121. The molecule has 0 fully saturated rings. The zero-order valence-electron chi connectivity index (χ0n) is 10.9. The highest BCUT2D eigenvalue weighted by Crippen LogP contribution is 2.19. The quantitative estimate of drug-likeness (QED) is 0.821. The van der Waals surface area contributed by atoms with Crippen molar-refractivity contribution in [3.8, 4) is 0 Å². The topological polar surface area (TPSA) is 55.1 Å². The molecular formula is C14H22N2O. The molecule has 3 N–H and O–H groups in total. The van der Waals surface area contributed by atoms with E-state index in [4.69, 9.17) is 5.73 Å². The minimum Gasteiger partial charge on any atom is -0.356 e. The Labute approximate surface area is 103 Å². The third-order valence-corrected chi connectivity index (χ3v) is 2.81. The summed E-state index contributed by atoms with van der Waals surface area (Å²) in [5.41, 5.74) is 8.30. The van der Waals surface area contributed by atoms with Crippen LogP contribution in [0.3, 0.4) is 0 Å². The number of nitrogens with two attached hydrogens (primary N) is 1. The first kappa shape index (κ1) is 13.7. The van der Waals surface area contributed by atoms with Crippen LogP contribution in [0.15, 0.2) is 24.3 Å². The molecule has 0 saturated carbocycles. The average Bonchev–Trinajstić information content (AvgIpc) is 2.29. The molecule has 0 spiro atoms. The van der Waals surface area contributed by atoms with Crippen LogP contribution in [0.4, 0.5) is 0 Å². The molecule has 0 aliphatic heterocycles. The van der Waals surface area contributed by atoms with E-state index in [1.165, 1.54) is 5.56 Å². The second-order valence-electron chi connectivity index (χ2n) is 4.59. The van der Waals surface area contributed by atoms with Gasteiger partial charge in [-0.15, -0.1) is 0 Å². The number of rotatable bonds is 5. The molecule has 3 heteroatoms. The van der Waals surface area contributed by atoms with Crippen molar-refractivity contribution in [1.29, 1.82) is 0 Å². The van der Waals surface area contributed by atoms with Gasteiger partial charge in [-0.05, 0) is 24.0 Å². The number of hydrogen-bond acceptors (Lipinski definition) is 2. The highest BCUT2D eigenvalue weighted by atomic mass is 16.1. The first-order valence-electron chi connectivity index (χ1n) is 6.16. The van der Waals surface area contributed by atoms with Crippen molar-refractivity contribution in [3.63, 3.8) is 0 Å². The molecule has 1 atom stereocenters. The normalized spacial score (nSPS) is 12.5. The van der Waals surface area contributed by atoms with Crippen molar-refractivity contribution in [2.75, 3.05) is 6.54 Å². The molecule has 0 aliphatic rings. The van der Waals surface area contributed by atoms with Crippen LogP contribution in [0.1, 0.15) is 50.3 Å². The molecule has 1 rings (SSSR count). The second kappa shape index (κ2) is 6.40. The van der Waals surface area contributed by atoms with Crippen molar-refractivity contribution in [1.82, 2.24) is 5.32 Å². The van der Waals surface area contributed by atoms with Crippen molar-refractivity contribution >= 4 is 5.91 Å². The monoisotopic (exact) mass is 234 g/mol. The summed E-state index contributed by atoms with van der Waals surface area (Å²) in [4.78, 5) is 11.4. The Hall–Kier alpha value is -1.35. The molecule has 0 saturated heterocycles. The van der Waals surface area contributed by atoms with Gasteiger partial charge >= 0.3 is 0 Å². The Morgan fingerprint density at radius 1 is 1.24 bits per heavy atom. The first-order chi connectivity index (χ1) is 8.04. The minimum atomic E-state index is -0.220. The van der Waals surface area contributed by atoms with Crippen molar-refractivity contribution < 1.29 is 4.79 Å². The molecule has 0 aliphatic carbocycles. The van der Waals surface area contributed by atoms with Crippen molar-refractivity contribution in [2.24, 2.45) is 5.73 Å². The van der Waals surface area contributed by atoms with Gasteiger partial charge in [-0.1, -0.05) is 38.1 Å². The predicted molar refractivity (Wildman–Crippen MR) is 70.8 cm³/mol. The number of hydrogen-bond donors (Lipinski definition) is 2. The molecule has 1 amide bonds. The summed E-state index contributed by atoms with van der Waals surface area (Å²) < 4.78 is 0. The largest absolute Gasteiger partial charge is 0.356 e. The Kier molecular flexibility index (Phi) is 5.16. The smallest absolute Gasteiger partial charge is 0.221 e. The molecule has 1 aromatic rings. The average molecular weight is 234 g/mol. The van der Waals surface area contributed by atoms with Crippen LogP contribution in [-0.4, -0.2) is 12.5 Å². The highest BCUT2D eigenvalue weighted by molar-refractivity contribution is 5.76. The maximum atomic E-state index is 11.4. The summed E-state index contributed by atoms with van der Waals surface area (Å²) in [7, 11) is 0. The highest BCUT2D eigenvalue weighted by Gasteiger charge is 2.11. The van der Waals surface area contributed by atoms with E-state index < -0.39 is 0 Å². The van der Waals surface area contributed by atoms with Gasteiger partial charge in [-0.25, -0.2) is 0 Å². The van der Waals surface area contributed by atoms with Crippen LogP contribution < -0.4 is 11.1 Å². The molecule has 1 unspecified atom stereocenters. The van der Waals surface area contributed by atoms with Gasteiger partial charge in [-0.3, -0.25) is 4.79 Å². The zero-order chi connectivity index (χ0) is 12.8. The van der Waals surface area contributed by atoms with Crippen molar-refractivity contribution in [3.05, 3.63) is 35.4 Å². The molecule has 1 aromatic carbocycles. The van der Waals surface area contributed by atoms with E-state index >= 15 is 0 Å². The van der Waals surface area contributed by atoms with E-state index in [0.29, 0.717) is 18.9 Å². The van der Waals surface area contributed by atoms with E-state index in [1.54, 1.807) is 0 Å². The van der Waals surface area contributed by atoms with Gasteiger partial charge in [0.25, 0.3) is 0 Å². The zero-order valence-corrected chi connectivity index (χ0v) is 10.9. The van der Waals surface area contributed by atoms with Crippen LogP contribution in [0, 0.1) is 0 Å². The van der Waals surface area contributed by atoms with Crippen LogP contribution >= 0.6 is 0 Å². The van der Waals surface area contributed by atoms with Gasteiger partial charge in [0.05, 0.1) is 0 Å². The number of carbonyl (C=O) groups excluding carboxylic acids is 1. The fourth-order valence-corrected chi connectivity index (χ4v) is 1.72. The Bertz CT molecular complexity index is 357. The third-order valence-electron chi connectivity index (χ3n) is 2.81. The van der Waals surface area contributed by atoms with Crippen LogP contribution in [0.25, 0.3) is 0 Å². The van der Waals surface area contributed by atoms with Crippen LogP contribution in [0.2, 0.25) is 0 Å². The van der Waals surface area contributed by atoms with Gasteiger partial charge in [0.2, 0.25) is 5.91 Å². The van der Waals surface area contributed by atoms with E-state index in [1.807, 2.05) is 19.1 Å². The maximum absolute atomic E-state index is 11.4. The molecule has 0 aromatic heterocycles. The second-order valence-corrected chi connectivity index (χ2v) is 4.59. The van der Waals surface area contributed by atoms with Gasteiger partial charge in [-0.2, -0.15) is 0 Å². The first-order valence-corrected chi connectivity index (χ1v) is 6.16. The summed E-state index contributed by atoms with van der Waals surface area (Å²) in [5, 5.41) is 2.76. The van der Waals surface area contributed by atoms with E-state index in [-0.39, 0.29) is 11.9 Å². The molecule has 3 nitrogen and oxygen atoms in total. The predicted octanol–water partition coefficient (Wildman–Crippen LogP) is 2.34. The van der Waals surface area contributed by atoms with E-state index in [0.717, 1.165) is 5.56 Å². The number of benzene rings is 1. The molecule has 0 heterocycles. The van der Waals surface area contributed by atoms with E-state index in [9.17, 15) is 4.79 Å². The molecule has 94 valence electrons. The summed E-state index contributed by atoms with van der Waals surface area (Å²) in [6.45, 7) is 6.87. The number of amides is 1. The fraction of sp³-hybridized carbons (Fsp3) is 0.500. The summed E-state index contributed by atoms with van der Waals surface area (Å²) >= 11 is 0. The fourth-order valence-electron chi connectivity index (χ4n) is 1.72. The number of carbonyl (C=O) groups is 1. The number of nitrogens with one attached hydrogen (secondary N) is 1. The van der Waals surface area contributed by atoms with Crippen LogP contribution in [-0.2, 0) is 4.79 Å².